The summed E-state index contributed by atoms with van der Waals surface area (Å²) in [5, 5.41) is -0.475. The van der Waals surface area contributed by atoms with Gasteiger partial charge in [0.2, 0.25) is 11.8 Å². The van der Waals surface area contributed by atoms with E-state index in [2.05, 4.69) is 0 Å². The van der Waals surface area contributed by atoms with Crippen LogP contribution < -0.4 is 9.47 Å². The highest BCUT2D eigenvalue weighted by atomic mass is 32.2. The Kier molecular flexibility index (Phi) is 5.41. The van der Waals surface area contributed by atoms with Crippen LogP contribution in [0.4, 0.5) is 0 Å². The maximum absolute atomic E-state index is 12.5. The van der Waals surface area contributed by atoms with Gasteiger partial charge in [-0.25, -0.2) is 0 Å². The van der Waals surface area contributed by atoms with Gasteiger partial charge in [-0.3, -0.25) is 9.59 Å². The van der Waals surface area contributed by atoms with E-state index in [1.54, 1.807) is 33.2 Å². The SMILES string of the molecule is COc1ccc(OC)c(C2SC(C)C(=O)N2CC(=O)N(C)C)c1. The zero-order valence-corrected chi connectivity index (χ0v) is 14.8. The van der Waals surface area contributed by atoms with Crippen LogP contribution in [0.25, 0.3) is 0 Å². The number of thioether (sulfide) groups is 1. The number of hydrogen-bond acceptors (Lipinski definition) is 5. The molecule has 126 valence electrons. The van der Waals surface area contributed by atoms with Gasteiger partial charge in [-0.15, -0.1) is 11.8 Å². The largest absolute Gasteiger partial charge is 0.497 e. The van der Waals surface area contributed by atoms with Crippen molar-refractivity contribution in [2.45, 2.75) is 17.5 Å². The summed E-state index contributed by atoms with van der Waals surface area (Å²) in [6.07, 6.45) is 0. The number of rotatable bonds is 5. The minimum absolute atomic E-state index is 0.0416. The van der Waals surface area contributed by atoms with Crippen LogP contribution in [0, 0.1) is 0 Å². The normalized spacial score (nSPS) is 20.6. The molecule has 23 heavy (non-hydrogen) atoms. The fourth-order valence-electron chi connectivity index (χ4n) is 2.40. The highest BCUT2D eigenvalue weighted by molar-refractivity contribution is 8.01. The Balaban J connectivity index is 2.39. The highest BCUT2D eigenvalue weighted by Crippen LogP contribution is 2.46. The molecule has 1 heterocycles. The smallest absolute Gasteiger partial charge is 0.241 e. The van der Waals surface area contributed by atoms with Gasteiger partial charge >= 0.3 is 0 Å². The van der Waals surface area contributed by atoms with E-state index in [1.165, 1.54) is 16.7 Å². The van der Waals surface area contributed by atoms with Crippen molar-refractivity contribution < 1.29 is 19.1 Å². The van der Waals surface area contributed by atoms with Gasteiger partial charge in [0.05, 0.1) is 19.5 Å². The second-order valence-corrected chi connectivity index (χ2v) is 6.92. The third-order valence-electron chi connectivity index (χ3n) is 3.75. The molecule has 0 aromatic heterocycles. The van der Waals surface area contributed by atoms with Gasteiger partial charge in [-0.1, -0.05) is 0 Å². The molecule has 1 fully saturated rings. The third-order valence-corrected chi connectivity index (χ3v) is 5.13. The average Bonchev–Trinajstić information content (AvgIpc) is 2.82. The van der Waals surface area contributed by atoms with Gasteiger partial charge in [-0.2, -0.15) is 0 Å². The first-order chi connectivity index (χ1) is 10.9. The van der Waals surface area contributed by atoms with Crippen molar-refractivity contribution in [3.63, 3.8) is 0 Å². The van der Waals surface area contributed by atoms with Crippen LogP contribution in [-0.2, 0) is 9.59 Å². The molecule has 7 heteroatoms. The van der Waals surface area contributed by atoms with Crippen LogP contribution >= 0.6 is 11.8 Å². The van der Waals surface area contributed by atoms with E-state index in [-0.39, 0.29) is 29.0 Å². The van der Waals surface area contributed by atoms with E-state index in [1.807, 2.05) is 25.1 Å². The van der Waals surface area contributed by atoms with Crippen LogP contribution in [0.5, 0.6) is 11.5 Å². The molecule has 2 rings (SSSR count). The van der Waals surface area contributed by atoms with E-state index in [0.29, 0.717) is 11.5 Å². The van der Waals surface area contributed by atoms with E-state index < -0.39 is 0 Å². The molecule has 1 aliphatic rings. The Morgan fingerprint density at radius 3 is 2.57 bits per heavy atom. The monoisotopic (exact) mass is 338 g/mol. The van der Waals surface area contributed by atoms with Crippen molar-refractivity contribution in [2.24, 2.45) is 0 Å². The Morgan fingerprint density at radius 1 is 1.30 bits per heavy atom. The maximum atomic E-state index is 12.5. The first-order valence-corrected chi connectivity index (χ1v) is 8.21. The summed E-state index contributed by atoms with van der Waals surface area (Å²) in [7, 11) is 6.54. The van der Waals surface area contributed by atoms with Crippen molar-refractivity contribution >= 4 is 23.6 Å². The van der Waals surface area contributed by atoms with Crippen molar-refractivity contribution in [3.05, 3.63) is 23.8 Å². The molecule has 0 bridgehead atoms. The summed E-state index contributed by atoms with van der Waals surface area (Å²) in [6, 6.07) is 5.48. The number of methoxy groups -OCH3 is 2. The Morgan fingerprint density at radius 2 is 2.00 bits per heavy atom. The Labute approximate surface area is 140 Å². The summed E-state index contributed by atoms with van der Waals surface area (Å²) in [6.45, 7) is 1.90. The second-order valence-electron chi connectivity index (χ2n) is 5.49. The number of carbonyl (C=O) groups excluding carboxylic acids is 2. The molecule has 2 amide bonds. The first kappa shape index (κ1) is 17.5. The van der Waals surface area contributed by atoms with Crippen LogP contribution in [0.2, 0.25) is 0 Å². The van der Waals surface area contributed by atoms with Gasteiger partial charge in [0.25, 0.3) is 0 Å². The zero-order chi connectivity index (χ0) is 17.1. The molecular formula is C16H22N2O4S. The molecule has 1 aromatic carbocycles. The first-order valence-electron chi connectivity index (χ1n) is 7.27. The molecule has 0 saturated carbocycles. The van der Waals surface area contributed by atoms with Gasteiger partial charge < -0.3 is 19.3 Å². The summed E-state index contributed by atoms with van der Waals surface area (Å²) < 4.78 is 10.7. The lowest BCUT2D eigenvalue weighted by Crippen LogP contribution is -2.39. The van der Waals surface area contributed by atoms with E-state index >= 15 is 0 Å². The minimum Gasteiger partial charge on any atom is -0.497 e. The third kappa shape index (κ3) is 3.55. The van der Waals surface area contributed by atoms with Crippen LogP contribution in [-0.4, -0.2) is 61.7 Å². The predicted molar refractivity (Wildman–Crippen MR) is 89.7 cm³/mol. The Hall–Kier alpha value is -1.89. The highest BCUT2D eigenvalue weighted by Gasteiger charge is 2.41. The fraction of sp³-hybridized carbons (Fsp3) is 0.500. The molecule has 2 atom stereocenters. The minimum atomic E-state index is -0.272. The van der Waals surface area contributed by atoms with Crippen molar-refractivity contribution in [3.8, 4) is 11.5 Å². The van der Waals surface area contributed by atoms with Crippen LogP contribution in [0.3, 0.4) is 0 Å². The number of ether oxygens (including phenoxy) is 2. The standard InChI is InChI=1S/C16H22N2O4S/c1-10-15(20)18(9-14(19)17(2)3)16(23-10)12-8-11(21-4)6-7-13(12)22-5/h6-8,10,16H,9H2,1-5H3. The predicted octanol–water partition coefficient (Wildman–Crippen LogP) is 1.75. The molecule has 1 aromatic rings. The lowest BCUT2D eigenvalue weighted by Gasteiger charge is -2.26. The van der Waals surface area contributed by atoms with Gasteiger partial charge in [0.1, 0.15) is 23.4 Å². The molecule has 1 saturated heterocycles. The number of nitrogens with zero attached hydrogens (tertiary/aromatic N) is 2. The Bertz CT molecular complexity index is 606. The van der Waals surface area contributed by atoms with Crippen molar-refractivity contribution in [1.29, 1.82) is 0 Å². The molecule has 0 spiro atoms. The number of likely N-dealkylation sites (N-methyl/N-ethyl adjacent to an activating group) is 1. The summed E-state index contributed by atoms with van der Waals surface area (Å²) >= 11 is 1.51. The lowest BCUT2D eigenvalue weighted by atomic mass is 10.1. The summed E-state index contributed by atoms with van der Waals surface area (Å²) in [5.74, 6) is 1.21. The molecule has 0 N–H and O–H groups in total. The van der Waals surface area contributed by atoms with E-state index in [4.69, 9.17) is 9.47 Å². The van der Waals surface area contributed by atoms with Crippen molar-refractivity contribution in [2.75, 3.05) is 34.9 Å². The summed E-state index contributed by atoms with van der Waals surface area (Å²) in [5.41, 5.74) is 0.834. The average molecular weight is 338 g/mol. The number of amides is 2. The van der Waals surface area contributed by atoms with Gasteiger partial charge in [0.15, 0.2) is 0 Å². The molecule has 1 aliphatic heterocycles. The van der Waals surface area contributed by atoms with Gasteiger partial charge in [-0.05, 0) is 25.1 Å². The molecule has 6 nitrogen and oxygen atoms in total. The second kappa shape index (κ2) is 7.12. The summed E-state index contributed by atoms with van der Waals surface area (Å²) in [4.78, 5) is 27.6. The number of carbonyl (C=O) groups is 2. The number of hydrogen-bond donors (Lipinski definition) is 0. The maximum Gasteiger partial charge on any atom is 0.241 e. The van der Waals surface area contributed by atoms with E-state index in [9.17, 15) is 9.59 Å². The molecule has 0 aliphatic carbocycles. The number of benzene rings is 1. The molecular weight excluding hydrogens is 316 g/mol. The quantitative estimate of drug-likeness (QED) is 0.819. The molecule has 0 radical (unpaired) electrons. The fourth-order valence-corrected chi connectivity index (χ4v) is 3.69. The molecule has 2 unspecified atom stereocenters. The van der Waals surface area contributed by atoms with Crippen molar-refractivity contribution in [1.82, 2.24) is 9.80 Å². The van der Waals surface area contributed by atoms with E-state index in [0.717, 1.165) is 5.56 Å². The van der Waals surface area contributed by atoms with Crippen LogP contribution in [0.15, 0.2) is 18.2 Å². The van der Waals surface area contributed by atoms with Crippen LogP contribution in [0.1, 0.15) is 17.9 Å². The topological polar surface area (TPSA) is 59.1 Å². The lowest BCUT2D eigenvalue weighted by molar-refractivity contribution is -0.138. The zero-order valence-electron chi connectivity index (χ0n) is 14.0. The van der Waals surface area contributed by atoms with Gasteiger partial charge in [0, 0.05) is 19.7 Å².